The third-order valence-corrected chi connectivity index (χ3v) is 3.76. The zero-order valence-corrected chi connectivity index (χ0v) is 13.2. The Hall–Kier alpha value is -1.81. The van der Waals surface area contributed by atoms with Crippen LogP contribution in [-0.2, 0) is 0 Å². The lowest BCUT2D eigenvalue weighted by Crippen LogP contribution is -2.05. The number of ether oxygens (including phenoxy) is 2. The van der Waals surface area contributed by atoms with Crippen LogP contribution in [0.25, 0.3) is 0 Å². The first kappa shape index (κ1) is 14.6. The van der Waals surface area contributed by atoms with Crippen LogP contribution in [0.1, 0.15) is 21.5 Å². The van der Waals surface area contributed by atoms with Gasteiger partial charge in [-0.3, -0.25) is 4.79 Å². The van der Waals surface area contributed by atoms with Crippen molar-refractivity contribution in [2.45, 2.75) is 6.92 Å². The zero-order valence-electron chi connectivity index (χ0n) is 11.6. The van der Waals surface area contributed by atoms with Gasteiger partial charge in [-0.1, -0.05) is 24.3 Å². The van der Waals surface area contributed by atoms with Crippen molar-refractivity contribution in [3.63, 3.8) is 0 Å². The second kappa shape index (κ2) is 6.09. The smallest absolute Gasteiger partial charge is 0.194 e. The predicted molar refractivity (Wildman–Crippen MR) is 81.9 cm³/mol. The summed E-state index contributed by atoms with van der Waals surface area (Å²) in [7, 11) is 3.11. The Kier molecular flexibility index (Phi) is 4.45. The largest absolute Gasteiger partial charge is 0.493 e. The van der Waals surface area contributed by atoms with Crippen LogP contribution in [0.3, 0.4) is 0 Å². The lowest BCUT2D eigenvalue weighted by molar-refractivity contribution is 0.103. The summed E-state index contributed by atoms with van der Waals surface area (Å²) in [5.41, 5.74) is 2.18. The number of carbonyl (C=O) groups excluding carboxylic acids is 1. The summed E-state index contributed by atoms with van der Waals surface area (Å²) < 4.78 is 11.1. The van der Waals surface area contributed by atoms with Crippen LogP contribution < -0.4 is 9.47 Å². The maximum absolute atomic E-state index is 12.6. The molecule has 0 radical (unpaired) electrons. The molecular weight excluding hydrogens is 320 g/mol. The van der Waals surface area contributed by atoms with Gasteiger partial charge < -0.3 is 9.47 Å². The molecule has 0 N–H and O–H groups in total. The van der Waals surface area contributed by atoms with E-state index in [0.29, 0.717) is 27.1 Å². The summed E-state index contributed by atoms with van der Waals surface area (Å²) in [6.45, 7) is 1.92. The Morgan fingerprint density at radius 3 is 2.20 bits per heavy atom. The monoisotopic (exact) mass is 334 g/mol. The Morgan fingerprint density at radius 1 is 1.00 bits per heavy atom. The number of halogens is 1. The normalized spacial score (nSPS) is 10.2. The molecule has 0 fully saturated rings. The number of rotatable bonds is 4. The predicted octanol–water partition coefficient (Wildman–Crippen LogP) is 4.01. The van der Waals surface area contributed by atoms with Crippen LogP contribution in [0.2, 0.25) is 0 Å². The summed E-state index contributed by atoms with van der Waals surface area (Å²) in [4.78, 5) is 12.6. The van der Waals surface area contributed by atoms with Crippen molar-refractivity contribution < 1.29 is 14.3 Å². The fourth-order valence-electron chi connectivity index (χ4n) is 2.00. The second-order valence-corrected chi connectivity index (χ2v) is 5.19. The molecule has 0 aromatic heterocycles. The number of benzene rings is 2. The van der Waals surface area contributed by atoms with Crippen LogP contribution in [0.5, 0.6) is 11.5 Å². The molecule has 0 aliphatic carbocycles. The highest BCUT2D eigenvalue weighted by atomic mass is 79.9. The van der Waals surface area contributed by atoms with Gasteiger partial charge in [0.2, 0.25) is 0 Å². The van der Waals surface area contributed by atoms with E-state index >= 15 is 0 Å². The van der Waals surface area contributed by atoms with Crippen LogP contribution in [-0.4, -0.2) is 20.0 Å². The van der Waals surface area contributed by atoms with Gasteiger partial charge in [0.25, 0.3) is 0 Å². The highest BCUT2D eigenvalue weighted by Crippen LogP contribution is 2.34. The highest BCUT2D eigenvalue weighted by molar-refractivity contribution is 9.10. The van der Waals surface area contributed by atoms with Gasteiger partial charge >= 0.3 is 0 Å². The molecule has 0 atom stereocenters. The summed E-state index contributed by atoms with van der Waals surface area (Å²) in [6.07, 6.45) is 0. The van der Waals surface area contributed by atoms with E-state index in [1.807, 2.05) is 31.2 Å². The van der Waals surface area contributed by atoms with Crippen LogP contribution in [0.15, 0.2) is 40.9 Å². The van der Waals surface area contributed by atoms with Gasteiger partial charge in [-0.05, 0) is 40.5 Å². The Morgan fingerprint density at radius 2 is 1.60 bits per heavy atom. The summed E-state index contributed by atoms with van der Waals surface area (Å²) in [5, 5.41) is 0. The van der Waals surface area contributed by atoms with Gasteiger partial charge in [-0.15, -0.1) is 0 Å². The maximum atomic E-state index is 12.6. The molecule has 0 spiro atoms. The van der Waals surface area contributed by atoms with Gasteiger partial charge in [0.05, 0.1) is 14.2 Å². The minimum atomic E-state index is -0.0454. The average Bonchev–Trinajstić information content (AvgIpc) is 2.46. The van der Waals surface area contributed by atoms with E-state index < -0.39 is 0 Å². The summed E-state index contributed by atoms with van der Waals surface area (Å²) >= 11 is 3.42. The van der Waals surface area contributed by atoms with E-state index in [4.69, 9.17) is 9.47 Å². The van der Waals surface area contributed by atoms with Crippen LogP contribution >= 0.6 is 15.9 Å². The van der Waals surface area contributed by atoms with Crippen molar-refractivity contribution >= 4 is 21.7 Å². The van der Waals surface area contributed by atoms with Gasteiger partial charge in [-0.25, -0.2) is 0 Å². The summed E-state index contributed by atoms with van der Waals surface area (Å²) in [6, 6.07) is 10.9. The van der Waals surface area contributed by atoms with Gasteiger partial charge in [0.15, 0.2) is 17.3 Å². The van der Waals surface area contributed by atoms with E-state index in [0.717, 1.165) is 5.56 Å². The Balaban J connectivity index is 2.53. The van der Waals surface area contributed by atoms with Crippen LogP contribution in [0, 0.1) is 6.92 Å². The topological polar surface area (TPSA) is 35.5 Å². The number of hydrogen-bond acceptors (Lipinski definition) is 3. The van der Waals surface area contributed by atoms with Crippen molar-refractivity contribution in [3.8, 4) is 11.5 Å². The maximum Gasteiger partial charge on any atom is 0.194 e. The van der Waals surface area contributed by atoms with Gasteiger partial charge in [0.1, 0.15) is 0 Å². The SMILES string of the molecule is COc1cc(Br)c(C(=O)c2ccccc2C)cc1OC. The first-order valence-electron chi connectivity index (χ1n) is 6.10. The number of methoxy groups -OCH3 is 2. The highest BCUT2D eigenvalue weighted by Gasteiger charge is 2.18. The van der Waals surface area contributed by atoms with Crippen molar-refractivity contribution in [2.75, 3.05) is 14.2 Å². The number of hydrogen-bond donors (Lipinski definition) is 0. The number of aryl methyl sites for hydroxylation is 1. The first-order valence-corrected chi connectivity index (χ1v) is 6.89. The molecule has 0 unspecified atom stereocenters. The molecule has 0 saturated carbocycles. The van der Waals surface area contributed by atoms with E-state index in [1.165, 1.54) is 0 Å². The fourth-order valence-corrected chi connectivity index (χ4v) is 2.50. The van der Waals surface area contributed by atoms with Crippen molar-refractivity contribution in [1.82, 2.24) is 0 Å². The summed E-state index contributed by atoms with van der Waals surface area (Å²) in [5.74, 6) is 1.07. The quantitative estimate of drug-likeness (QED) is 0.792. The van der Waals surface area contributed by atoms with E-state index in [-0.39, 0.29) is 5.78 Å². The fraction of sp³-hybridized carbons (Fsp3) is 0.188. The molecule has 2 aromatic carbocycles. The number of carbonyl (C=O) groups is 1. The molecule has 0 heterocycles. The van der Waals surface area contributed by atoms with Crippen LogP contribution in [0.4, 0.5) is 0 Å². The number of ketones is 1. The van der Waals surface area contributed by atoms with Gasteiger partial charge in [-0.2, -0.15) is 0 Å². The molecule has 3 nitrogen and oxygen atoms in total. The minimum Gasteiger partial charge on any atom is -0.493 e. The molecule has 104 valence electrons. The van der Waals surface area contributed by atoms with E-state index in [1.54, 1.807) is 26.4 Å². The molecule has 2 aromatic rings. The Bertz CT molecular complexity index is 650. The molecule has 0 saturated heterocycles. The third kappa shape index (κ3) is 2.70. The third-order valence-electron chi connectivity index (χ3n) is 3.11. The molecule has 0 amide bonds. The lowest BCUT2D eigenvalue weighted by Gasteiger charge is -2.12. The van der Waals surface area contributed by atoms with E-state index in [2.05, 4.69) is 15.9 Å². The molecule has 4 heteroatoms. The van der Waals surface area contributed by atoms with E-state index in [9.17, 15) is 4.79 Å². The van der Waals surface area contributed by atoms with Gasteiger partial charge in [0, 0.05) is 15.6 Å². The second-order valence-electron chi connectivity index (χ2n) is 4.33. The molecule has 0 aliphatic rings. The van der Waals surface area contributed by atoms with Crippen molar-refractivity contribution in [1.29, 1.82) is 0 Å². The molecule has 20 heavy (non-hydrogen) atoms. The molecule has 0 aliphatic heterocycles. The lowest BCUT2D eigenvalue weighted by atomic mass is 9.99. The average molecular weight is 335 g/mol. The zero-order chi connectivity index (χ0) is 14.7. The standard InChI is InChI=1S/C16H15BrO3/c1-10-6-4-5-7-11(10)16(18)12-8-14(19-2)15(20-3)9-13(12)17/h4-9H,1-3H3. The molecule has 2 rings (SSSR count). The first-order chi connectivity index (χ1) is 9.58. The van der Waals surface area contributed by atoms with Crippen molar-refractivity contribution in [3.05, 3.63) is 57.6 Å². The minimum absolute atomic E-state index is 0.0454. The van der Waals surface area contributed by atoms with Crippen molar-refractivity contribution in [2.24, 2.45) is 0 Å². The molecule has 0 bridgehead atoms. The molecular formula is C16H15BrO3. The Labute approximate surface area is 126 Å².